The summed E-state index contributed by atoms with van der Waals surface area (Å²) >= 11 is 0. The van der Waals surface area contributed by atoms with Gasteiger partial charge in [-0.15, -0.1) is 0 Å². The fraction of sp³-hybridized carbons (Fsp3) is 0.400. The minimum absolute atomic E-state index is 0.0596. The van der Waals surface area contributed by atoms with Gasteiger partial charge in [0.2, 0.25) is 0 Å². The van der Waals surface area contributed by atoms with Gasteiger partial charge in [0.1, 0.15) is 12.9 Å². The zero-order valence-electron chi connectivity index (χ0n) is 8.54. The van der Waals surface area contributed by atoms with Gasteiger partial charge in [-0.3, -0.25) is 10.1 Å². The topological polar surface area (TPSA) is 87.6 Å². The Balaban J connectivity index is 2.17. The SMILES string of the molecule is N[C@H]1COCO[C@H]1c1ccc([N+](=O)[O-])cc1. The van der Waals surface area contributed by atoms with Gasteiger partial charge in [-0.1, -0.05) is 0 Å². The van der Waals surface area contributed by atoms with Crippen LogP contribution in [0.2, 0.25) is 0 Å². The van der Waals surface area contributed by atoms with Crippen molar-refractivity contribution in [3.63, 3.8) is 0 Å². The van der Waals surface area contributed by atoms with Crippen molar-refractivity contribution in [1.82, 2.24) is 0 Å². The molecule has 1 aromatic carbocycles. The Labute approximate surface area is 92.1 Å². The number of nitro benzene ring substituents is 1. The molecule has 2 atom stereocenters. The van der Waals surface area contributed by atoms with Crippen molar-refractivity contribution in [2.75, 3.05) is 13.4 Å². The van der Waals surface area contributed by atoms with Crippen LogP contribution in [0.1, 0.15) is 11.7 Å². The molecule has 0 aromatic heterocycles. The summed E-state index contributed by atoms with van der Waals surface area (Å²) in [6, 6.07) is 5.97. The Morgan fingerprint density at radius 3 is 2.62 bits per heavy atom. The van der Waals surface area contributed by atoms with Crippen LogP contribution in [0.4, 0.5) is 5.69 Å². The van der Waals surface area contributed by atoms with Crippen molar-refractivity contribution in [2.45, 2.75) is 12.1 Å². The van der Waals surface area contributed by atoms with Crippen molar-refractivity contribution >= 4 is 5.69 Å². The molecule has 0 saturated carbocycles. The molecular formula is C10H12N2O4. The molecule has 2 N–H and O–H groups in total. The van der Waals surface area contributed by atoms with Crippen LogP contribution >= 0.6 is 0 Å². The summed E-state index contributed by atoms with van der Waals surface area (Å²) in [5.41, 5.74) is 6.72. The van der Waals surface area contributed by atoms with E-state index < -0.39 is 4.92 Å². The number of hydrogen-bond acceptors (Lipinski definition) is 5. The van der Waals surface area contributed by atoms with E-state index in [4.69, 9.17) is 15.2 Å². The Hall–Kier alpha value is -1.50. The standard InChI is InChI=1S/C10H12N2O4/c11-9-5-15-6-16-10(9)7-1-3-8(4-2-7)12(13)14/h1-4,9-10H,5-6,11H2/t9-,10-/m0/s1. The summed E-state index contributed by atoms with van der Waals surface area (Å²) < 4.78 is 10.4. The van der Waals surface area contributed by atoms with Gasteiger partial charge in [-0.25, -0.2) is 0 Å². The van der Waals surface area contributed by atoms with Gasteiger partial charge >= 0.3 is 0 Å². The first-order valence-corrected chi connectivity index (χ1v) is 4.88. The second-order valence-corrected chi connectivity index (χ2v) is 3.59. The number of benzene rings is 1. The predicted molar refractivity (Wildman–Crippen MR) is 55.7 cm³/mol. The van der Waals surface area contributed by atoms with Crippen LogP contribution in [0.5, 0.6) is 0 Å². The predicted octanol–water partition coefficient (Wildman–Crippen LogP) is 0.968. The average Bonchev–Trinajstić information content (AvgIpc) is 2.30. The number of rotatable bonds is 2. The van der Waals surface area contributed by atoms with Crippen molar-refractivity contribution in [2.24, 2.45) is 5.73 Å². The number of nitro groups is 1. The number of nitrogens with two attached hydrogens (primary N) is 1. The molecule has 1 aliphatic heterocycles. The molecule has 1 aromatic rings. The summed E-state index contributed by atoms with van der Waals surface area (Å²) in [6.07, 6.45) is -0.255. The van der Waals surface area contributed by atoms with Crippen molar-refractivity contribution in [1.29, 1.82) is 0 Å². The molecule has 1 aliphatic rings. The van der Waals surface area contributed by atoms with Gasteiger partial charge in [0.25, 0.3) is 5.69 Å². The maximum Gasteiger partial charge on any atom is 0.269 e. The summed E-state index contributed by atoms with van der Waals surface area (Å²) in [4.78, 5) is 10.0. The quantitative estimate of drug-likeness (QED) is 0.597. The highest BCUT2D eigenvalue weighted by Crippen LogP contribution is 2.25. The van der Waals surface area contributed by atoms with Crippen LogP contribution in [-0.4, -0.2) is 24.4 Å². The zero-order valence-corrected chi connectivity index (χ0v) is 8.54. The average molecular weight is 224 g/mol. The van der Waals surface area contributed by atoms with Crippen LogP contribution in [-0.2, 0) is 9.47 Å². The molecule has 0 amide bonds. The van der Waals surface area contributed by atoms with Crippen molar-refractivity contribution in [3.05, 3.63) is 39.9 Å². The minimum Gasteiger partial charge on any atom is -0.354 e. The number of non-ortho nitro benzene ring substituents is 1. The van der Waals surface area contributed by atoms with Crippen molar-refractivity contribution in [3.8, 4) is 0 Å². The highest BCUT2D eigenvalue weighted by Gasteiger charge is 2.25. The lowest BCUT2D eigenvalue weighted by molar-refractivity contribution is -0.384. The third-order valence-corrected chi connectivity index (χ3v) is 2.46. The number of hydrogen-bond donors (Lipinski definition) is 1. The minimum atomic E-state index is -0.436. The van der Waals surface area contributed by atoms with Crippen molar-refractivity contribution < 1.29 is 14.4 Å². The second-order valence-electron chi connectivity index (χ2n) is 3.59. The Morgan fingerprint density at radius 2 is 2.06 bits per heavy atom. The molecule has 2 rings (SSSR count). The molecule has 86 valence electrons. The molecule has 0 radical (unpaired) electrons. The van der Waals surface area contributed by atoms with E-state index >= 15 is 0 Å². The number of nitrogens with zero attached hydrogens (tertiary/aromatic N) is 1. The van der Waals surface area contributed by atoms with Crippen LogP contribution < -0.4 is 5.73 Å². The molecule has 0 unspecified atom stereocenters. The first-order valence-electron chi connectivity index (χ1n) is 4.88. The Morgan fingerprint density at radius 1 is 1.38 bits per heavy atom. The van der Waals surface area contributed by atoms with Gasteiger partial charge in [0.05, 0.1) is 17.6 Å². The van der Waals surface area contributed by atoms with E-state index in [1.165, 1.54) is 12.1 Å². The molecule has 0 spiro atoms. The molecule has 16 heavy (non-hydrogen) atoms. The number of ether oxygens (including phenoxy) is 2. The largest absolute Gasteiger partial charge is 0.354 e. The summed E-state index contributed by atoms with van der Waals surface area (Å²) in [5.74, 6) is 0. The van der Waals surface area contributed by atoms with Crippen LogP contribution in [0.25, 0.3) is 0 Å². The van der Waals surface area contributed by atoms with Gasteiger partial charge in [-0.2, -0.15) is 0 Å². The third-order valence-electron chi connectivity index (χ3n) is 2.46. The first-order chi connectivity index (χ1) is 7.68. The monoisotopic (exact) mass is 224 g/mol. The smallest absolute Gasteiger partial charge is 0.269 e. The van der Waals surface area contributed by atoms with E-state index in [1.807, 2.05) is 0 Å². The maximum absolute atomic E-state index is 10.5. The summed E-state index contributed by atoms with van der Waals surface area (Å²) in [7, 11) is 0. The highest BCUT2D eigenvalue weighted by molar-refractivity contribution is 5.34. The van der Waals surface area contributed by atoms with E-state index in [9.17, 15) is 10.1 Å². The van der Waals surface area contributed by atoms with Gasteiger partial charge in [-0.05, 0) is 17.7 Å². The van der Waals surface area contributed by atoms with E-state index in [0.29, 0.717) is 6.61 Å². The molecule has 6 nitrogen and oxygen atoms in total. The molecule has 1 saturated heterocycles. The summed E-state index contributed by atoms with van der Waals surface area (Å²) in [5, 5.41) is 10.5. The lowest BCUT2D eigenvalue weighted by Crippen LogP contribution is -2.39. The zero-order chi connectivity index (χ0) is 11.5. The lowest BCUT2D eigenvalue weighted by atomic mass is 10.0. The molecule has 1 fully saturated rings. The van der Waals surface area contributed by atoms with E-state index in [2.05, 4.69) is 0 Å². The molecule has 0 bridgehead atoms. The third kappa shape index (κ3) is 2.19. The maximum atomic E-state index is 10.5. The van der Waals surface area contributed by atoms with Crippen LogP contribution in [0, 0.1) is 10.1 Å². The first kappa shape index (κ1) is 11.0. The van der Waals surface area contributed by atoms with E-state index in [0.717, 1.165) is 5.56 Å². The summed E-state index contributed by atoms with van der Waals surface area (Å²) in [6.45, 7) is 0.636. The molecular weight excluding hydrogens is 212 g/mol. The van der Waals surface area contributed by atoms with Crippen LogP contribution in [0.3, 0.4) is 0 Å². The molecule has 0 aliphatic carbocycles. The Bertz CT molecular complexity index is 379. The van der Waals surface area contributed by atoms with E-state index in [1.54, 1.807) is 12.1 Å². The second kappa shape index (κ2) is 4.56. The Kier molecular flexibility index (Phi) is 3.14. The lowest BCUT2D eigenvalue weighted by Gasteiger charge is -2.29. The van der Waals surface area contributed by atoms with E-state index in [-0.39, 0.29) is 24.6 Å². The van der Waals surface area contributed by atoms with Gasteiger partial charge in [0, 0.05) is 12.1 Å². The normalized spacial score (nSPS) is 25.3. The fourth-order valence-corrected chi connectivity index (χ4v) is 1.65. The van der Waals surface area contributed by atoms with Gasteiger partial charge < -0.3 is 15.2 Å². The van der Waals surface area contributed by atoms with Crippen LogP contribution in [0.15, 0.2) is 24.3 Å². The molecule has 6 heteroatoms. The van der Waals surface area contributed by atoms with Gasteiger partial charge in [0.15, 0.2) is 0 Å². The fourth-order valence-electron chi connectivity index (χ4n) is 1.65. The molecule has 1 heterocycles. The highest BCUT2D eigenvalue weighted by atomic mass is 16.7.